The molecule has 9 nitrogen and oxygen atoms in total. The van der Waals surface area contributed by atoms with Crippen LogP contribution in [0, 0.1) is 5.92 Å². The van der Waals surface area contributed by atoms with E-state index in [1.54, 1.807) is 0 Å². The van der Waals surface area contributed by atoms with E-state index in [1.807, 2.05) is 0 Å². The third-order valence-electron chi connectivity index (χ3n) is 20.0. The van der Waals surface area contributed by atoms with Gasteiger partial charge in [0.2, 0.25) is 0 Å². The highest BCUT2D eigenvalue weighted by Crippen LogP contribution is 2.42. The first-order valence-corrected chi connectivity index (χ1v) is 54.1. The molecule has 0 saturated carbocycles. The van der Waals surface area contributed by atoms with Crippen molar-refractivity contribution in [3.63, 3.8) is 0 Å². The van der Waals surface area contributed by atoms with Gasteiger partial charge in [-0.1, -0.05) is 333 Å². The second kappa shape index (κ2) is 60.1. The Morgan fingerprint density at radius 1 is 0.383 bits per heavy atom. The van der Waals surface area contributed by atoms with Gasteiger partial charge in [0.05, 0.1) is 0 Å². The predicted octanol–water partition coefficient (Wildman–Crippen LogP) is 25.6. The minimum atomic E-state index is -3.40. The van der Waals surface area contributed by atoms with Crippen molar-refractivity contribution >= 4 is 69.1 Å². The van der Waals surface area contributed by atoms with E-state index in [4.69, 9.17) is 30.0 Å². The third kappa shape index (κ3) is 43.3. The molecule has 0 spiro atoms. The quantitative estimate of drug-likeness (QED) is 0.0392. The molecule has 554 valence electrons. The summed E-state index contributed by atoms with van der Waals surface area (Å²) in [5.41, 5.74) is 1.47. The predicted molar refractivity (Wildman–Crippen MR) is 428 cm³/mol. The van der Waals surface area contributed by atoms with Gasteiger partial charge in [0.1, 0.15) is 0 Å². The second-order valence-corrected chi connectivity index (χ2v) is 49.7. The largest absolute Gasteiger partial charge is 0.490 e. The van der Waals surface area contributed by atoms with Gasteiger partial charge in [0.15, 0.2) is 34.7 Å². The van der Waals surface area contributed by atoms with Gasteiger partial charge in [-0.2, -0.15) is 0 Å². The minimum absolute atomic E-state index is 0.0791. The van der Waals surface area contributed by atoms with E-state index >= 15 is 0 Å². The Balaban J connectivity index is 4.28. The van der Waals surface area contributed by atoms with Gasteiger partial charge in [-0.25, -0.2) is 0 Å². The number of amides is 1. The van der Waals surface area contributed by atoms with Gasteiger partial charge < -0.3 is 35.4 Å². The van der Waals surface area contributed by atoms with E-state index in [0.29, 0.717) is 24.7 Å². The van der Waals surface area contributed by atoms with E-state index in [-0.39, 0.29) is 5.91 Å². The van der Waals surface area contributed by atoms with Crippen molar-refractivity contribution in [1.82, 2.24) is 0 Å². The molecule has 94 heavy (non-hydrogen) atoms. The maximum absolute atomic E-state index is 13.1. The summed E-state index contributed by atoms with van der Waals surface area (Å²) in [4.78, 5) is 13.1. The molecule has 1 aromatic carbocycles. The monoisotopic (exact) mass is 1420 g/mol. The van der Waals surface area contributed by atoms with Crippen LogP contribution in [0.5, 0.6) is 0 Å². The smallest absolute Gasteiger partial charge is 0.456 e. The van der Waals surface area contributed by atoms with E-state index in [0.717, 1.165) is 151 Å². The number of unbranched alkanes of at least 4 members (excludes halogenated alkanes) is 27. The van der Waals surface area contributed by atoms with Crippen LogP contribution < -0.4 is 10.5 Å². The van der Waals surface area contributed by atoms with Crippen molar-refractivity contribution < 1.29 is 34.8 Å². The molecule has 0 saturated heterocycles. The van der Waals surface area contributed by atoms with Crippen molar-refractivity contribution in [3.05, 3.63) is 36.4 Å². The number of carbonyl (C=O) groups is 1. The van der Waals surface area contributed by atoms with Gasteiger partial charge in [-0.05, 0) is 116 Å². The van der Waals surface area contributed by atoms with Crippen molar-refractivity contribution in [2.45, 2.75) is 420 Å². The average Bonchev–Trinajstić information content (AvgIpc) is 0.800. The number of carbonyl (C=O) groups excluding carboxylic acids is 1. The molecular weight excluding hydrogens is 1260 g/mol. The normalized spacial score (nSPS) is 13.1. The highest BCUT2D eigenvalue weighted by molar-refractivity contribution is 6.86. The first-order chi connectivity index (χ1) is 45.7. The molecule has 1 N–H and O–H groups in total. The van der Waals surface area contributed by atoms with Gasteiger partial charge >= 0.3 is 17.6 Å². The van der Waals surface area contributed by atoms with Crippen LogP contribution in [-0.4, -0.2) is 84.7 Å². The molecule has 0 aliphatic rings. The zero-order valence-corrected chi connectivity index (χ0v) is 71.6. The standard InChI is InChI=1S/C79H161NO8Si6/c1-15-27-33-38-43-44-49-54-75(13)74-92(68-25-11,69-26-12)88-94(84-62-52-47-41-36-30-18-4,85-63-53-48-42-37-31-19-5)73-71-91(66-23-9,67-24-10)87-93(82-60-50-45-39-34-28-16-2,83-61-51-46-40-35-29-17-3)72-70-90(64-21-7,65-22-8)86-89-78-58-56-77(57-59-78)80-79(81)76(14)55-32-20-6/h56-59,75H,14-55,60-74,89H2,1-13H3,(H,80,81). The molecule has 1 atom stereocenters. The van der Waals surface area contributed by atoms with Crippen LogP contribution in [0.15, 0.2) is 36.4 Å². The van der Waals surface area contributed by atoms with Crippen LogP contribution in [-0.2, 0) is 34.8 Å². The number of hydrogen-bond acceptors (Lipinski definition) is 8. The van der Waals surface area contributed by atoms with Gasteiger partial charge in [-0.3, -0.25) is 4.79 Å². The zero-order valence-electron chi connectivity index (χ0n) is 65.2. The summed E-state index contributed by atoms with van der Waals surface area (Å²) >= 11 is 0. The highest BCUT2D eigenvalue weighted by atomic mass is 28.5. The summed E-state index contributed by atoms with van der Waals surface area (Å²) in [5.74, 6) is 0.550. The lowest BCUT2D eigenvalue weighted by atomic mass is 10.0. The van der Waals surface area contributed by atoms with Crippen LogP contribution in [0.25, 0.3) is 0 Å². The summed E-state index contributed by atoms with van der Waals surface area (Å²) in [5, 5.41) is 4.40. The molecule has 0 fully saturated rings. The summed E-state index contributed by atoms with van der Waals surface area (Å²) in [7, 11) is -15.3. The number of anilines is 1. The summed E-state index contributed by atoms with van der Waals surface area (Å²) in [6.07, 6.45) is 49.7. The summed E-state index contributed by atoms with van der Waals surface area (Å²) < 4.78 is 55.7. The fourth-order valence-electron chi connectivity index (χ4n) is 14.6. The van der Waals surface area contributed by atoms with Crippen LogP contribution in [0.1, 0.15) is 353 Å². The molecule has 0 bridgehead atoms. The molecule has 15 heteroatoms. The Bertz CT molecular complexity index is 1830. The topological polar surface area (TPSA) is 93.7 Å². The Kier molecular flexibility index (Phi) is 58.5. The lowest BCUT2D eigenvalue weighted by Crippen LogP contribution is -2.60. The van der Waals surface area contributed by atoms with Crippen LogP contribution >= 0.6 is 0 Å². The fourth-order valence-corrected chi connectivity index (χ4v) is 45.8. The van der Waals surface area contributed by atoms with Crippen molar-refractivity contribution in [3.8, 4) is 0 Å². The van der Waals surface area contributed by atoms with E-state index in [2.05, 4.69) is 126 Å². The van der Waals surface area contributed by atoms with Crippen molar-refractivity contribution in [2.24, 2.45) is 5.92 Å². The van der Waals surface area contributed by atoms with E-state index < -0.39 is 52.3 Å². The number of nitrogens with one attached hydrogen (secondary N) is 1. The fraction of sp³-hybridized carbons (Fsp3) is 0.886. The molecule has 1 unspecified atom stereocenters. The van der Waals surface area contributed by atoms with Crippen molar-refractivity contribution in [2.75, 3.05) is 31.7 Å². The first-order valence-electron chi connectivity index (χ1n) is 41.4. The lowest BCUT2D eigenvalue weighted by molar-refractivity contribution is -0.113. The Hall–Kier alpha value is -0.549. The Morgan fingerprint density at radius 2 is 0.702 bits per heavy atom. The average molecular weight is 1420 g/mol. The van der Waals surface area contributed by atoms with Crippen LogP contribution in [0.3, 0.4) is 0 Å². The molecular formula is C79H161NO8Si6. The van der Waals surface area contributed by atoms with Crippen LogP contribution in [0.4, 0.5) is 5.69 Å². The molecule has 0 aliphatic carbocycles. The SMILES string of the molecule is C=C(CCCC)C(=O)Nc1ccc([SiH2]O[Si](CCC)(CCC)CC[Si](OCCCCCCCC)(OCCCCCCCC)O[Si](CCC)(CCC)CC[Si](OCCCCCCCC)(OCCCCCCCC)O[Si](CCC)(CCC)CC(C)CCCCCCCCC)cc1. The number of benzene rings is 1. The zero-order chi connectivity index (χ0) is 69.2. The molecule has 1 rings (SSSR count). The van der Waals surface area contributed by atoms with E-state index in [9.17, 15) is 4.79 Å². The Morgan fingerprint density at radius 3 is 1.07 bits per heavy atom. The van der Waals surface area contributed by atoms with Gasteiger partial charge in [0.25, 0.3) is 5.91 Å². The molecule has 0 aromatic heterocycles. The molecule has 1 aromatic rings. The van der Waals surface area contributed by atoms with E-state index in [1.165, 1.54) is 203 Å². The molecule has 1 amide bonds. The van der Waals surface area contributed by atoms with Gasteiger partial charge in [0, 0.05) is 49.8 Å². The maximum Gasteiger partial charge on any atom is 0.490 e. The van der Waals surface area contributed by atoms with Gasteiger partial charge in [-0.15, -0.1) is 0 Å². The minimum Gasteiger partial charge on any atom is -0.456 e. The number of hydrogen-bond donors (Lipinski definition) is 1. The highest BCUT2D eigenvalue weighted by Gasteiger charge is 2.55. The molecule has 0 radical (unpaired) electrons. The molecule has 0 heterocycles. The lowest BCUT2D eigenvalue weighted by Gasteiger charge is -2.45. The number of rotatable bonds is 72. The Labute approximate surface area is 594 Å². The second-order valence-electron chi connectivity index (χ2n) is 29.5. The summed E-state index contributed by atoms with van der Waals surface area (Å²) in [6, 6.07) is 20.2. The maximum atomic E-state index is 13.1. The first kappa shape index (κ1) is 91.5. The summed E-state index contributed by atoms with van der Waals surface area (Å²) in [6.45, 7) is 37.7. The third-order valence-corrected chi connectivity index (χ3v) is 47.3. The molecule has 0 aliphatic heterocycles. The van der Waals surface area contributed by atoms with Crippen LogP contribution in [0.2, 0.25) is 66.5 Å². The van der Waals surface area contributed by atoms with Crippen molar-refractivity contribution in [1.29, 1.82) is 0 Å².